The zero-order valence-corrected chi connectivity index (χ0v) is 26.6. The molecule has 0 fully saturated rings. The average molecular weight is 557 g/mol. The van der Waals surface area contributed by atoms with Crippen LogP contribution in [-0.2, 0) is 18.9 Å². The molecule has 0 heterocycles. The first-order valence-corrected chi connectivity index (χ1v) is 14.7. The van der Waals surface area contributed by atoms with E-state index in [9.17, 15) is 0 Å². The summed E-state index contributed by atoms with van der Waals surface area (Å²) >= 11 is 0. The van der Waals surface area contributed by atoms with Gasteiger partial charge in [0.1, 0.15) is 5.75 Å². The van der Waals surface area contributed by atoms with Crippen molar-refractivity contribution in [1.29, 1.82) is 0 Å². The van der Waals surface area contributed by atoms with Gasteiger partial charge in [-0.1, -0.05) is 73.6 Å². The highest BCUT2D eigenvalue weighted by Gasteiger charge is 2.34. The van der Waals surface area contributed by atoms with Gasteiger partial charge in [-0.05, 0) is 72.1 Å². The molecular formula is C35H56O5. The van der Waals surface area contributed by atoms with E-state index >= 15 is 0 Å². The minimum absolute atomic E-state index is 0.241. The fraction of sp³-hybridized carbons (Fsp3) is 0.600. The minimum Gasteiger partial charge on any atom is -0.493 e. The van der Waals surface area contributed by atoms with E-state index in [2.05, 4.69) is 80.2 Å². The van der Waals surface area contributed by atoms with Crippen molar-refractivity contribution in [2.75, 3.05) is 59.5 Å². The zero-order valence-electron chi connectivity index (χ0n) is 26.6. The van der Waals surface area contributed by atoms with Gasteiger partial charge in [-0.2, -0.15) is 0 Å². The normalized spacial score (nSPS) is 12.8. The van der Waals surface area contributed by atoms with Gasteiger partial charge < -0.3 is 23.7 Å². The molecule has 226 valence electrons. The molecule has 1 rings (SSSR count). The molecule has 0 aliphatic rings. The van der Waals surface area contributed by atoms with Crippen molar-refractivity contribution in [1.82, 2.24) is 0 Å². The van der Waals surface area contributed by atoms with Crippen LogP contribution >= 0.6 is 0 Å². The maximum atomic E-state index is 6.53. The highest BCUT2D eigenvalue weighted by atomic mass is 16.5. The number of hydrogen-bond donors (Lipinski definition) is 0. The van der Waals surface area contributed by atoms with Crippen molar-refractivity contribution in [2.24, 2.45) is 10.8 Å². The lowest BCUT2D eigenvalue weighted by molar-refractivity contribution is -0.0969. The molecule has 0 amide bonds. The second-order valence-corrected chi connectivity index (χ2v) is 11.7. The van der Waals surface area contributed by atoms with E-state index < -0.39 is 0 Å². The lowest BCUT2D eigenvalue weighted by Gasteiger charge is -2.36. The summed E-state index contributed by atoms with van der Waals surface area (Å²) < 4.78 is 31.1. The molecule has 0 aromatic heterocycles. The number of benzene rings is 1. The predicted octanol–water partition coefficient (Wildman–Crippen LogP) is 8.47. The average Bonchev–Trinajstić information content (AvgIpc) is 2.93. The van der Waals surface area contributed by atoms with Crippen LogP contribution < -0.4 is 4.74 Å². The van der Waals surface area contributed by atoms with Gasteiger partial charge in [0.25, 0.3) is 0 Å². The molecule has 0 bridgehead atoms. The third-order valence-corrected chi connectivity index (χ3v) is 7.03. The summed E-state index contributed by atoms with van der Waals surface area (Å²) in [6, 6.07) is 7.99. The zero-order chi connectivity index (χ0) is 29.9. The third kappa shape index (κ3) is 15.0. The molecular weight excluding hydrogens is 500 g/mol. The molecule has 1 atom stereocenters. The summed E-state index contributed by atoms with van der Waals surface area (Å²) in [5, 5.41) is 0. The van der Waals surface area contributed by atoms with E-state index in [-0.39, 0.29) is 10.8 Å². The summed E-state index contributed by atoms with van der Waals surface area (Å²) in [7, 11) is 0. The highest BCUT2D eigenvalue weighted by Crippen LogP contribution is 2.29. The standard InChI is InChI=1S/C35H56O5/c1-10-32-13-15-33(16-14-32)40-28-35(12-3,25-38-22-19-31(8)9)27-39-26-34(11-2,23-36-20-17-29(4)5)24-37-21-18-30(6)7/h10,13-19H,1,11-12,20-28H2,2-9H3. The Morgan fingerprint density at radius 1 is 0.600 bits per heavy atom. The molecule has 0 radical (unpaired) electrons. The van der Waals surface area contributed by atoms with Gasteiger partial charge in [0, 0.05) is 5.41 Å². The van der Waals surface area contributed by atoms with Gasteiger partial charge in [0.2, 0.25) is 0 Å². The maximum absolute atomic E-state index is 6.53. The summed E-state index contributed by atoms with van der Waals surface area (Å²) in [5.41, 5.74) is 4.27. The Morgan fingerprint density at radius 2 is 0.975 bits per heavy atom. The number of allylic oxidation sites excluding steroid dienone is 3. The molecule has 1 aromatic carbocycles. The number of ether oxygens (including phenoxy) is 5. The molecule has 40 heavy (non-hydrogen) atoms. The maximum Gasteiger partial charge on any atom is 0.119 e. The quantitative estimate of drug-likeness (QED) is 0.106. The molecule has 0 spiro atoms. The molecule has 0 aliphatic carbocycles. The largest absolute Gasteiger partial charge is 0.493 e. The van der Waals surface area contributed by atoms with Crippen LogP contribution in [-0.4, -0.2) is 59.5 Å². The molecule has 5 nitrogen and oxygen atoms in total. The third-order valence-electron chi connectivity index (χ3n) is 7.03. The second kappa shape index (κ2) is 19.8. The smallest absolute Gasteiger partial charge is 0.119 e. The molecule has 5 heteroatoms. The Morgan fingerprint density at radius 3 is 1.32 bits per heavy atom. The van der Waals surface area contributed by atoms with Crippen LogP contribution in [0, 0.1) is 10.8 Å². The van der Waals surface area contributed by atoms with Crippen LogP contribution in [0.15, 0.2) is 65.8 Å². The fourth-order valence-corrected chi connectivity index (χ4v) is 3.79. The van der Waals surface area contributed by atoms with Crippen LogP contribution in [0.5, 0.6) is 5.75 Å². The molecule has 1 unspecified atom stereocenters. The molecule has 1 aromatic rings. The van der Waals surface area contributed by atoms with E-state index in [4.69, 9.17) is 23.7 Å². The first-order valence-electron chi connectivity index (χ1n) is 14.7. The summed E-state index contributed by atoms with van der Waals surface area (Å²) in [6.07, 6.45) is 9.90. The monoisotopic (exact) mass is 556 g/mol. The highest BCUT2D eigenvalue weighted by molar-refractivity contribution is 5.48. The van der Waals surface area contributed by atoms with Gasteiger partial charge in [0.05, 0.1) is 64.9 Å². The fourth-order valence-electron chi connectivity index (χ4n) is 3.79. The van der Waals surface area contributed by atoms with E-state index in [1.54, 1.807) is 0 Å². The Labute approximate surface area is 245 Å². The first-order chi connectivity index (χ1) is 19.1. The SMILES string of the molecule is C=Cc1ccc(OCC(CC)(COCC=C(C)C)COCC(CC)(COCC=C(C)C)COCC=C(C)C)cc1. The minimum atomic E-state index is -0.294. The van der Waals surface area contributed by atoms with Crippen molar-refractivity contribution in [3.05, 3.63) is 71.4 Å². The number of rotatable bonds is 22. The Bertz CT molecular complexity index is 892. The van der Waals surface area contributed by atoms with Crippen LogP contribution in [0.4, 0.5) is 0 Å². The van der Waals surface area contributed by atoms with Crippen molar-refractivity contribution < 1.29 is 23.7 Å². The van der Waals surface area contributed by atoms with E-state index in [0.717, 1.165) is 24.2 Å². The van der Waals surface area contributed by atoms with Crippen LogP contribution in [0.3, 0.4) is 0 Å². The lowest BCUT2D eigenvalue weighted by atomic mass is 9.86. The summed E-state index contributed by atoms with van der Waals surface area (Å²) in [6.45, 7) is 25.7. The van der Waals surface area contributed by atoms with Gasteiger partial charge in [0.15, 0.2) is 0 Å². The van der Waals surface area contributed by atoms with E-state index in [1.807, 2.05) is 30.3 Å². The first kappa shape index (κ1) is 35.8. The van der Waals surface area contributed by atoms with Gasteiger partial charge >= 0.3 is 0 Å². The Kier molecular flexibility index (Phi) is 17.8. The summed E-state index contributed by atoms with van der Waals surface area (Å²) in [4.78, 5) is 0. The Hall–Kier alpha value is -2.18. The van der Waals surface area contributed by atoms with Gasteiger partial charge in [-0.25, -0.2) is 0 Å². The van der Waals surface area contributed by atoms with Crippen molar-refractivity contribution >= 4 is 6.08 Å². The molecule has 0 saturated carbocycles. The van der Waals surface area contributed by atoms with Crippen molar-refractivity contribution in [3.63, 3.8) is 0 Å². The number of hydrogen-bond acceptors (Lipinski definition) is 5. The molecule has 0 N–H and O–H groups in total. The topological polar surface area (TPSA) is 46.2 Å². The van der Waals surface area contributed by atoms with Gasteiger partial charge in [-0.3, -0.25) is 0 Å². The lowest BCUT2D eigenvalue weighted by Crippen LogP contribution is -2.42. The predicted molar refractivity (Wildman–Crippen MR) is 169 cm³/mol. The molecule has 0 aliphatic heterocycles. The van der Waals surface area contributed by atoms with Crippen molar-refractivity contribution in [3.8, 4) is 5.75 Å². The van der Waals surface area contributed by atoms with Crippen LogP contribution in [0.2, 0.25) is 0 Å². The van der Waals surface area contributed by atoms with Crippen molar-refractivity contribution in [2.45, 2.75) is 68.2 Å². The Balaban J connectivity index is 2.99. The van der Waals surface area contributed by atoms with Gasteiger partial charge in [-0.15, -0.1) is 0 Å². The van der Waals surface area contributed by atoms with Crippen LogP contribution in [0.1, 0.15) is 73.8 Å². The van der Waals surface area contributed by atoms with E-state index in [1.165, 1.54) is 16.7 Å². The second-order valence-electron chi connectivity index (χ2n) is 11.7. The van der Waals surface area contributed by atoms with E-state index in [0.29, 0.717) is 59.5 Å². The molecule has 0 saturated heterocycles. The summed E-state index contributed by atoms with van der Waals surface area (Å²) in [5.74, 6) is 0.830. The van der Waals surface area contributed by atoms with Crippen LogP contribution in [0.25, 0.3) is 6.08 Å².